The van der Waals surface area contributed by atoms with Crippen LogP contribution in [0.3, 0.4) is 0 Å². The Hall–Kier alpha value is -1.44. The lowest BCUT2D eigenvalue weighted by Gasteiger charge is -2.17. The molecule has 2 nitrogen and oxygen atoms in total. The zero-order valence-electron chi connectivity index (χ0n) is 11.7. The summed E-state index contributed by atoms with van der Waals surface area (Å²) in [5.41, 5.74) is 1.86. The summed E-state index contributed by atoms with van der Waals surface area (Å²) >= 11 is 0. The Balaban J connectivity index is 2.17. The number of carbonyl (C=O) groups excluding carboxylic acids is 2. The van der Waals surface area contributed by atoms with E-state index < -0.39 is 5.92 Å². The van der Waals surface area contributed by atoms with Crippen LogP contribution in [0.25, 0.3) is 0 Å². The Kier molecular flexibility index (Phi) is 4.89. The predicted octanol–water partition coefficient (Wildman–Crippen LogP) is 3.97. The van der Waals surface area contributed by atoms with Crippen LogP contribution in [0, 0.1) is 5.92 Å². The Morgan fingerprint density at radius 3 is 2.79 bits per heavy atom. The molecule has 1 fully saturated rings. The first-order valence-electron chi connectivity index (χ1n) is 7.38. The molecule has 0 aromatic heterocycles. The van der Waals surface area contributed by atoms with E-state index in [1.165, 1.54) is 0 Å². The van der Waals surface area contributed by atoms with Crippen LogP contribution in [-0.4, -0.2) is 11.6 Å². The number of Topliss-reactive ketones (excluding diaryl/α,β-unsaturated/α-hetero) is 2. The van der Waals surface area contributed by atoms with Gasteiger partial charge in [-0.25, -0.2) is 0 Å². The number of rotatable bonds is 3. The van der Waals surface area contributed by atoms with E-state index in [-0.39, 0.29) is 11.6 Å². The Labute approximate surface area is 115 Å². The molecule has 2 rings (SSSR count). The van der Waals surface area contributed by atoms with Gasteiger partial charge in [0.05, 0.1) is 5.92 Å². The van der Waals surface area contributed by atoms with Crippen LogP contribution in [0.2, 0.25) is 0 Å². The topological polar surface area (TPSA) is 34.1 Å². The van der Waals surface area contributed by atoms with E-state index in [0.29, 0.717) is 12.0 Å². The second-order valence-corrected chi connectivity index (χ2v) is 5.39. The van der Waals surface area contributed by atoms with Gasteiger partial charge < -0.3 is 0 Å². The van der Waals surface area contributed by atoms with Crippen molar-refractivity contribution in [1.29, 1.82) is 0 Å². The maximum atomic E-state index is 12.5. The second kappa shape index (κ2) is 6.65. The van der Waals surface area contributed by atoms with Crippen molar-refractivity contribution in [3.63, 3.8) is 0 Å². The third kappa shape index (κ3) is 3.52. The van der Waals surface area contributed by atoms with Crippen molar-refractivity contribution in [1.82, 2.24) is 0 Å². The first-order valence-corrected chi connectivity index (χ1v) is 7.38. The number of aryl methyl sites for hydroxylation is 1. The quantitative estimate of drug-likeness (QED) is 0.607. The van der Waals surface area contributed by atoms with Crippen molar-refractivity contribution in [3.05, 3.63) is 35.4 Å². The smallest absolute Gasteiger partial charge is 0.173 e. The normalized spacial score (nSPS) is 20.7. The maximum Gasteiger partial charge on any atom is 0.173 e. The molecule has 1 aliphatic carbocycles. The molecule has 0 saturated heterocycles. The molecular formula is C17H22O2. The summed E-state index contributed by atoms with van der Waals surface area (Å²) in [6.07, 6.45) is 6.43. The molecule has 1 aliphatic rings. The summed E-state index contributed by atoms with van der Waals surface area (Å²) in [7, 11) is 0. The van der Waals surface area contributed by atoms with Gasteiger partial charge in [-0.1, -0.05) is 44.4 Å². The maximum absolute atomic E-state index is 12.5. The molecule has 0 N–H and O–H groups in total. The number of hydrogen-bond acceptors (Lipinski definition) is 2. The SMILES string of the molecule is CCc1cccc(C(=O)C2CCCCCCC2=O)c1. The van der Waals surface area contributed by atoms with Crippen LogP contribution >= 0.6 is 0 Å². The highest BCUT2D eigenvalue weighted by atomic mass is 16.1. The summed E-state index contributed by atoms with van der Waals surface area (Å²) in [4.78, 5) is 24.6. The third-order valence-corrected chi connectivity index (χ3v) is 3.99. The van der Waals surface area contributed by atoms with Gasteiger partial charge in [-0.15, -0.1) is 0 Å². The highest BCUT2D eigenvalue weighted by Gasteiger charge is 2.27. The van der Waals surface area contributed by atoms with E-state index >= 15 is 0 Å². The zero-order valence-corrected chi connectivity index (χ0v) is 11.7. The van der Waals surface area contributed by atoms with Crippen molar-refractivity contribution >= 4 is 11.6 Å². The lowest BCUT2D eigenvalue weighted by atomic mass is 9.84. The van der Waals surface area contributed by atoms with Gasteiger partial charge in [-0.3, -0.25) is 9.59 Å². The molecular weight excluding hydrogens is 236 g/mol. The van der Waals surface area contributed by atoms with Crippen molar-refractivity contribution < 1.29 is 9.59 Å². The van der Waals surface area contributed by atoms with Crippen LogP contribution in [-0.2, 0) is 11.2 Å². The molecule has 2 heteroatoms. The van der Waals surface area contributed by atoms with Crippen LogP contribution in [0.15, 0.2) is 24.3 Å². The van der Waals surface area contributed by atoms with Crippen molar-refractivity contribution in [2.45, 2.75) is 51.9 Å². The highest BCUT2D eigenvalue weighted by Crippen LogP contribution is 2.23. The average molecular weight is 258 g/mol. The zero-order chi connectivity index (χ0) is 13.7. The summed E-state index contributed by atoms with van der Waals surface area (Å²) in [6, 6.07) is 7.72. The second-order valence-electron chi connectivity index (χ2n) is 5.39. The molecule has 1 aromatic rings. The van der Waals surface area contributed by atoms with Crippen LogP contribution in [0.4, 0.5) is 0 Å². The molecule has 0 spiro atoms. The number of carbonyl (C=O) groups is 2. The molecule has 102 valence electrons. The molecule has 0 amide bonds. The minimum atomic E-state index is -0.396. The number of hydrogen-bond donors (Lipinski definition) is 0. The van der Waals surface area contributed by atoms with Crippen LogP contribution in [0.1, 0.15) is 61.4 Å². The van der Waals surface area contributed by atoms with Gasteiger partial charge >= 0.3 is 0 Å². The number of benzene rings is 1. The van der Waals surface area contributed by atoms with Crippen molar-refractivity contribution in [3.8, 4) is 0 Å². The van der Waals surface area contributed by atoms with Gasteiger partial charge in [-0.05, 0) is 30.9 Å². The molecule has 0 aliphatic heterocycles. The van der Waals surface area contributed by atoms with Gasteiger partial charge in [0, 0.05) is 12.0 Å². The molecule has 1 saturated carbocycles. The molecule has 1 aromatic carbocycles. The first kappa shape index (κ1) is 14.0. The summed E-state index contributed by atoms with van der Waals surface area (Å²) < 4.78 is 0. The van der Waals surface area contributed by atoms with E-state index in [1.807, 2.05) is 24.3 Å². The van der Waals surface area contributed by atoms with E-state index in [0.717, 1.165) is 44.1 Å². The van der Waals surface area contributed by atoms with E-state index in [2.05, 4.69) is 6.92 Å². The summed E-state index contributed by atoms with van der Waals surface area (Å²) in [5, 5.41) is 0. The molecule has 1 unspecified atom stereocenters. The largest absolute Gasteiger partial charge is 0.299 e. The van der Waals surface area contributed by atoms with Gasteiger partial charge in [0.2, 0.25) is 0 Å². The third-order valence-electron chi connectivity index (χ3n) is 3.99. The minimum absolute atomic E-state index is 0.0298. The van der Waals surface area contributed by atoms with Crippen LogP contribution in [0.5, 0.6) is 0 Å². The number of ketones is 2. The molecule has 0 bridgehead atoms. The van der Waals surface area contributed by atoms with E-state index in [9.17, 15) is 9.59 Å². The molecule has 19 heavy (non-hydrogen) atoms. The Bertz CT molecular complexity index is 462. The average Bonchev–Trinajstić information content (AvgIpc) is 2.43. The van der Waals surface area contributed by atoms with Gasteiger partial charge in [0.1, 0.15) is 5.78 Å². The summed E-state index contributed by atoms with van der Waals surface area (Å²) in [6.45, 7) is 2.07. The van der Waals surface area contributed by atoms with E-state index in [1.54, 1.807) is 0 Å². The predicted molar refractivity (Wildman–Crippen MR) is 76.3 cm³/mol. The lowest BCUT2D eigenvalue weighted by Crippen LogP contribution is -2.25. The highest BCUT2D eigenvalue weighted by molar-refractivity contribution is 6.10. The van der Waals surface area contributed by atoms with Crippen molar-refractivity contribution in [2.24, 2.45) is 5.92 Å². The standard InChI is InChI=1S/C17H22O2/c1-2-13-8-7-9-14(12-13)17(19)15-10-5-3-4-6-11-16(15)18/h7-9,12,15H,2-6,10-11H2,1H3. The van der Waals surface area contributed by atoms with Gasteiger partial charge in [-0.2, -0.15) is 0 Å². The fourth-order valence-electron chi connectivity index (χ4n) is 2.76. The lowest BCUT2D eigenvalue weighted by molar-refractivity contribution is -0.122. The molecule has 0 heterocycles. The van der Waals surface area contributed by atoms with E-state index in [4.69, 9.17) is 0 Å². The molecule has 1 atom stereocenters. The van der Waals surface area contributed by atoms with Gasteiger partial charge in [0.25, 0.3) is 0 Å². The molecule has 0 radical (unpaired) electrons. The minimum Gasteiger partial charge on any atom is -0.299 e. The Morgan fingerprint density at radius 1 is 1.21 bits per heavy atom. The Morgan fingerprint density at radius 2 is 2.00 bits per heavy atom. The fourth-order valence-corrected chi connectivity index (χ4v) is 2.76. The monoisotopic (exact) mass is 258 g/mol. The van der Waals surface area contributed by atoms with Crippen molar-refractivity contribution in [2.75, 3.05) is 0 Å². The van der Waals surface area contributed by atoms with Gasteiger partial charge in [0.15, 0.2) is 5.78 Å². The first-order chi connectivity index (χ1) is 9.22. The van der Waals surface area contributed by atoms with Crippen LogP contribution < -0.4 is 0 Å². The fraction of sp³-hybridized carbons (Fsp3) is 0.529. The summed E-state index contributed by atoms with van der Waals surface area (Å²) in [5.74, 6) is -0.221.